The van der Waals surface area contributed by atoms with Crippen LogP contribution >= 0.6 is 22.9 Å². The van der Waals surface area contributed by atoms with Crippen LogP contribution in [0.4, 0.5) is 0 Å². The van der Waals surface area contributed by atoms with Crippen LogP contribution in [-0.2, 0) is 6.42 Å². The Morgan fingerprint density at radius 2 is 2.31 bits per heavy atom. The number of hydrogen-bond acceptors (Lipinski definition) is 4. The van der Waals surface area contributed by atoms with Crippen molar-refractivity contribution in [2.45, 2.75) is 12.5 Å². The van der Waals surface area contributed by atoms with Crippen LogP contribution in [0.15, 0.2) is 36.7 Å². The number of nitrogens with one attached hydrogen (secondary N) is 1. The number of hydrazine groups is 1. The molecule has 84 valence electrons. The number of halogens is 1. The van der Waals surface area contributed by atoms with Gasteiger partial charge in [0, 0.05) is 17.3 Å². The molecule has 16 heavy (non-hydrogen) atoms. The molecule has 2 heterocycles. The first-order valence-corrected chi connectivity index (χ1v) is 6.09. The van der Waals surface area contributed by atoms with Crippen LogP contribution in [0.25, 0.3) is 0 Å². The highest BCUT2D eigenvalue weighted by Gasteiger charge is 2.12. The van der Waals surface area contributed by atoms with Crippen molar-refractivity contribution in [2.75, 3.05) is 0 Å². The summed E-state index contributed by atoms with van der Waals surface area (Å²) in [6, 6.07) is 7.92. The normalized spacial score (nSPS) is 12.6. The highest BCUT2D eigenvalue weighted by atomic mass is 35.5. The third-order valence-electron chi connectivity index (χ3n) is 2.30. The molecular weight excluding hydrogens is 242 g/mol. The topological polar surface area (TPSA) is 50.9 Å². The largest absolute Gasteiger partial charge is 0.271 e. The molecule has 1 atom stereocenters. The summed E-state index contributed by atoms with van der Waals surface area (Å²) >= 11 is 7.44. The molecule has 0 radical (unpaired) electrons. The van der Waals surface area contributed by atoms with E-state index in [1.165, 1.54) is 0 Å². The zero-order chi connectivity index (χ0) is 11.4. The van der Waals surface area contributed by atoms with E-state index in [0.717, 1.165) is 21.2 Å². The van der Waals surface area contributed by atoms with Gasteiger partial charge in [0.1, 0.15) is 0 Å². The van der Waals surface area contributed by atoms with E-state index in [9.17, 15) is 0 Å². The number of aromatic nitrogens is 1. The molecule has 2 rings (SSSR count). The van der Waals surface area contributed by atoms with Gasteiger partial charge in [0.2, 0.25) is 0 Å². The van der Waals surface area contributed by atoms with Gasteiger partial charge in [0.15, 0.2) is 0 Å². The van der Waals surface area contributed by atoms with Crippen molar-refractivity contribution in [1.29, 1.82) is 0 Å². The average molecular weight is 254 g/mol. The van der Waals surface area contributed by atoms with Crippen LogP contribution in [0.2, 0.25) is 4.34 Å². The van der Waals surface area contributed by atoms with Crippen molar-refractivity contribution >= 4 is 22.9 Å². The lowest BCUT2D eigenvalue weighted by Gasteiger charge is -2.13. The first-order valence-electron chi connectivity index (χ1n) is 4.90. The Hall–Kier alpha value is -0.940. The Balaban J connectivity index is 2.12. The quantitative estimate of drug-likeness (QED) is 0.650. The predicted molar refractivity (Wildman–Crippen MR) is 67.3 cm³/mol. The van der Waals surface area contributed by atoms with Gasteiger partial charge in [0.25, 0.3) is 0 Å². The minimum Gasteiger partial charge on any atom is -0.271 e. The second kappa shape index (κ2) is 5.41. The van der Waals surface area contributed by atoms with Gasteiger partial charge in [-0.3, -0.25) is 16.3 Å². The zero-order valence-corrected chi connectivity index (χ0v) is 10.1. The van der Waals surface area contributed by atoms with E-state index in [-0.39, 0.29) is 6.04 Å². The van der Waals surface area contributed by atoms with Crippen LogP contribution in [0.5, 0.6) is 0 Å². The van der Waals surface area contributed by atoms with E-state index in [2.05, 4.69) is 10.4 Å². The van der Waals surface area contributed by atoms with Gasteiger partial charge >= 0.3 is 0 Å². The van der Waals surface area contributed by atoms with Gasteiger partial charge in [-0.1, -0.05) is 17.7 Å². The summed E-state index contributed by atoms with van der Waals surface area (Å²) in [6.07, 6.45) is 4.41. The Kier molecular flexibility index (Phi) is 3.90. The Morgan fingerprint density at radius 3 is 2.88 bits per heavy atom. The average Bonchev–Trinajstić information content (AvgIpc) is 2.74. The molecule has 0 spiro atoms. The number of hydrogen-bond donors (Lipinski definition) is 2. The summed E-state index contributed by atoms with van der Waals surface area (Å²) in [5.74, 6) is 5.56. The fourth-order valence-electron chi connectivity index (χ4n) is 1.51. The lowest BCUT2D eigenvalue weighted by atomic mass is 10.1. The number of nitrogens with zero attached hydrogens (tertiary/aromatic N) is 1. The van der Waals surface area contributed by atoms with E-state index in [1.807, 2.05) is 30.5 Å². The van der Waals surface area contributed by atoms with Crippen molar-refractivity contribution in [3.05, 3.63) is 51.4 Å². The fourth-order valence-corrected chi connectivity index (χ4v) is 2.63. The first kappa shape index (κ1) is 11.5. The predicted octanol–water partition coefficient (Wildman–Crippen LogP) is 2.54. The Morgan fingerprint density at radius 1 is 1.44 bits per heavy atom. The van der Waals surface area contributed by atoms with Crippen LogP contribution in [-0.4, -0.2) is 4.98 Å². The van der Waals surface area contributed by atoms with E-state index < -0.39 is 0 Å². The minimum absolute atomic E-state index is 0.0849. The second-order valence-electron chi connectivity index (χ2n) is 3.43. The second-order valence-corrected chi connectivity index (χ2v) is 5.17. The van der Waals surface area contributed by atoms with E-state index >= 15 is 0 Å². The molecule has 2 aromatic rings. The molecule has 3 N–H and O–H groups in total. The Labute approximate surface area is 103 Å². The summed E-state index contributed by atoms with van der Waals surface area (Å²) in [4.78, 5) is 5.22. The highest BCUT2D eigenvalue weighted by Crippen LogP contribution is 2.28. The first-order chi connectivity index (χ1) is 7.79. The zero-order valence-electron chi connectivity index (χ0n) is 8.56. The van der Waals surface area contributed by atoms with Crippen molar-refractivity contribution in [2.24, 2.45) is 5.84 Å². The molecule has 0 saturated heterocycles. The molecule has 2 aromatic heterocycles. The molecule has 5 heteroatoms. The van der Waals surface area contributed by atoms with Crippen molar-refractivity contribution in [3.63, 3.8) is 0 Å². The number of rotatable bonds is 4. The van der Waals surface area contributed by atoms with Crippen molar-refractivity contribution < 1.29 is 0 Å². The smallest absolute Gasteiger partial charge is 0.0931 e. The number of nitrogens with two attached hydrogens (primary N) is 1. The van der Waals surface area contributed by atoms with Gasteiger partial charge < -0.3 is 0 Å². The minimum atomic E-state index is 0.0849. The number of pyridine rings is 1. The van der Waals surface area contributed by atoms with Crippen molar-refractivity contribution in [1.82, 2.24) is 10.4 Å². The molecule has 0 aliphatic carbocycles. The summed E-state index contributed by atoms with van der Waals surface area (Å²) in [7, 11) is 0. The van der Waals surface area contributed by atoms with Crippen LogP contribution in [0.1, 0.15) is 16.5 Å². The fraction of sp³-hybridized carbons (Fsp3) is 0.182. The molecule has 0 amide bonds. The third kappa shape index (κ3) is 2.80. The number of thiophene rings is 1. The lowest BCUT2D eigenvalue weighted by Crippen LogP contribution is -2.28. The van der Waals surface area contributed by atoms with Crippen LogP contribution in [0.3, 0.4) is 0 Å². The van der Waals surface area contributed by atoms with Gasteiger partial charge in [0.05, 0.1) is 10.4 Å². The summed E-state index contributed by atoms with van der Waals surface area (Å²) < 4.78 is 0.779. The monoisotopic (exact) mass is 253 g/mol. The Bertz CT molecular complexity index is 444. The molecular formula is C11H12ClN3S. The standard InChI is InChI=1S/C11H12ClN3S/c12-11-4-3-10(16-11)9(15-13)6-8-2-1-5-14-7-8/h1-5,7,9,15H,6,13H2. The molecule has 0 aromatic carbocycles. The lowest BCUT2D eigenvalue weighted by molar-refractivity contribution is 0.560. The molecule has 0 fully saturated rings. The van der Waals surface area contributed by atoms with Gasteiger partial charge in [-0.15, -0.1) is 11.3 Å². The molecule has 0 saturated carbocycles. The van der Waals surface area contributed by atoms with E-state index in [0.29, 0.717) is 0 Å². The molecule has 0 aliphatic rings. The third-order valence-corrected chi connectivity index (χ3v) is 3.65. The summed E-state index contributed by atoms with van der Waals surface area (Å²) in [5, 5.41) is 0. The van der Waals surface area contributed by atoms with Gasteiger partial charge in [-0.05, 0) is 30.2 Å². The van der Waals surface area contributed by atoms with Crippen LogP contribution in [0, 0.1) is 0 Å². The van der Waals surface area contributed by atoms with Gasteiger partial charge in [-0.2, -0.15) is 0 Å². The maximum atomic E-state index is 5.90. The summed E-state index contributed by atoms with van der Waals surface area (Å²) in [6.45, 7) is 0. The van der Waals surface area contributed by atoms with Crippen LogP contribution < -0.4 is 11.3 Å². The maximum absolute atomic E-state index is 5.90. The van der Waals surface area contributed by atoms with E-state index in [1.54, 1.807) is 17.5 Å². The highest BCUT2D eigenvalue weighted by molar-refractivity contribution is 7.16. The molecule has 3 nitrogen and oxygen atoms in total. The molecule has 1 unspecified atom stereocenters. The van der Waals surface area contributed by atoms with E-state index in [4.69, 9.17) is 17.4 Å². The van der Waals surface area contributed by atoms with Gasteiger partial charge in [-0.25, -0.2) is 0 Å². The maximum Gasteiger partial charge on any atom is 0.0931 e. The molecule has 0 aliphatic heterocycles. The van der Waals surface area contributed by atoms with Crippen molar-refractivity contribution in [3.8, 4) is 0 Å². The SMILES string of the molecule is NNC(Cc1cccnc1)c1ccc(Cl)s1. The molecule has 0 bridgehead atoms. The summed E-state index contributed by atoms with van der Waals surface area (Å²) in [5.41, 5.74) is 3.95.